The van der Waals surface area contributed by atoms with Crippen molar-refractivity contribution in [3.05, 3.63) is 65.2 Å². The zero-order valence-electron chi connectivity index (χ0n) is 16.4. The summed E-state index contributed by atoms with van der Waals surface area (Å²) < 4.78 is 5.50. The number of rotatable bonds is 4. The van der Waals surface area contributed by atoms with E-state index in [1.807, 2.05) is 18.2 Å². The fourth-order valence-corrected chi connectivity index (χ4v) is 5.87. The summed E-state index contributed by atoms with van der Waals surface area (Å²) in [7, 11) is 1.74. The molecule has 28 heavy (non-hydrogen) atoms. The molecule has 6 rings (SSSR count). The molecule has 0 radical (unpaired) electrons. The van der Waals surface area contributed by atoms with Gasteiger partial charge in [-0.25, -0.2) is 0 Å². The third-order valence-corrected chi connectivity index (χ3v) is 7.13. The van der Waals surface area contributed by atoms with Crippen LogP contribution in [-0.4, -0.2) is 48.6 Å². The van der Waals surface area contributed by atoms with Crippen LogP contribution in [-0.2, 0) is 6.54 Å². The van der Waals surface area contributed by atoms with Gasteiger partial charge in [0, 0.05) is 31.1 Å². The van der Waals surface area contributed by atoms with Crippen LogP contribution in [0.3, 0.4) is 0 Å². The zero-order chi connectivity index (χ0) is 19.1. The van der Waals surface area contributed by atoms with Crippen LogP contribution in [0.2, 0.25) is 0 Å². The molecule has 4 heterocycles. The molecular weight excluding hydrogens is 346 g/mol. The number of ether oxygens (including phenoxy) is 1. The molecule has 0 saturated carbocycles. The third-order valence-electron chi connectivity index (χ3n) is 7.13. The van der Waals surface area contributed by atoms with Gasteiger partial charge in [-0.1, -0.05) is 30.3 Å². The molecule has 0 aliphatic carbocycles. The van der Waals surface area contributed by atoms with E-state index in [2.05, 4.69) is 46.2 Å². The Morgan fingerprint density at radius 1 is 1.07 bits per heavy atom. The normalized spacial score (nSPS) is 31.4. The summed E-state index contributed by atoms with van der Waals surface area (Å²) in [5.41, 5.74) is 3.36. The SMILES string of the molecule is COc1cccc([C@@H]2CN(Cc3ccccc3C#N)[C@@H]3C4CCN(CC4)[C@@H]32)c1. The van der Waals surface area contributed by atoms with Crippen LogP contribution in [0.15, 0.2) is 48.5 Å². The lowest BCUT2D eigenvalue weighted by atomic mass is 9.75. The van der Waals surface area contributed by atoms with Crippen molar-refractivity contribution < 1.29 is 4.74 Å². The van der Waals surface area contributed by atoms with Crippen molar-refractivity contribution in [3.8, 4) is 11.8 Å². The average Bonchev–Trinajstić information content (AvgIpc) is 3.16. The minimum atomic E-state index is 0.498. The van der Waals surface area contributed by atoms with E-state index in [0.29, 0.717) is 18.0 Å². The molecule has 0 aromatic heterocycles. The van der Waals surface area contributed by atoms with E-state index in [9.17, 15) is 5.26 Å². The number of nitrogens with zero attached hydrogens (tertiary/aromatic N) is 3. The quantitative estimate of drug-likeness (QED) is 0.820. The van der Waals surface area contributed by atoms with Crippen molar-refractivity contribution >= 4 is 0 Å². The van der Waals surface area contributed by atoms with Gasteiger partial charge in [0.2, 0.25) is 0 Å². The minimum Gasteiger partial charge on any atom is -0.497 e. The number of hydrogen-bond donors (Lipinski definition) is 0. The first-order valence-electron chi connectivity index (χ1n) is 10.4. The topological polar surface area (TPSA) is 39.5 Å². The van der Waals surface area contributed by atoms with Crippen molar-refractivity contribution in [2.24, 2.45) is 5.92 Å². The summed E-state index contributed by atoms with van der Waals surface area (Å²) in [6.45, 7) is 4.38. The van der Waals surface area contributed by atoms with Crippen molar-refractivity contribution in [2.45, 2.75) is 37.4 Å². The number of fused-ring (bicyclic) bond motifs is 2. The van der Waals surface area contributed by atoms with Crippen molar-refractivity contribution in [3.63, 3.8) is 0 Å². The zero-order valence-corrected chi connectivity index (χ0v) is 16.4. The molecule has 4 aliphatic rings. The van der Waals surface area contributed by atoms with E-state index in [1.165, 1.54) is 31.5 Å². The van der Waals surface area contributed by atoms with Crippen LogP contribution in [0.25, 0.3) is 0 Å². The number of piperidine rings is 3. The Morgan fingerprint density at radius 2 is 1.89 bits per heavy atom. The first-order chi connectivity index (χ1) is 13.8. The number of methoxy groups -OCH3 is 1. The molecule has 0 unspecified atom stereocenters. The highest BCUT2D eigenvalue weighted by atomic mass is 16.5. The number of benzene rings is 2. The first kappa shape index (κ1) is 17.7. The molecule has 2 aromatic rings. The molecule has 0 amide bonds. The molecule has 3 atom stereocenters. The number of nitriles is 1. The lowest BCUT2D eigenvalue weighted by Crippen LogP contribution is -2.60. The van der Waals surface area contributed by atoms with Gasteiger partial charge in [-0.05, 0) is 61.2 Å². The van der Waals surface area contributed by atoms with Crippen LogP contribution < -0.4 is 4.74 Å². The molecule has 4 saturated heterocycles. The molecule has 4 aliphatic heterocycles. The summed E-state index contributed by atoms with van der Waals surface area (Å²) in [5.74, 6) is 2.22. The van der Waals surface area contributed by atoms with Gasteiger partial charge in [0.25, 0.3) is 0 Å². The van der Waals surface area contributed by atoms with Gasteiger partial charge in [-0.3, -0.25) is 9.80 Å². The largest absolute Gasteiger partial charge is 0.497 e. The third kappa shape index (κ3) is 2.90. The molecule has 4 nitrogen and oxygen atoms in total. The fraction of sp³-hybridized carbons (Fsp3) is 0.458. The predicted molar refractivity (Wildman–Crippen MR) is 109 cm³/mol. The molecule has 4 heteroatoms. The van der Waals surface area contributed by atoms with Gasteiger partial charge in [0.15, 0.2) is 0 Å². The highest BCUT2D eigenvalue weighted by Gasteiger charge is 2.53. The van der Waals surface area contributed by atoms with Gasteiger partial charge in [-0.15, -0.1) is 0 Å². The van der Waals surface area contributed by atoms with E-state index in [0.717, 1.165) is 35.9 Å². The van der Waals surface area contributed by atoms with E-state index in [-0.39, 0.29) is 0 Å². The van der Waals surface area contributed by atoms with Crippen molar-refractivity contribution in [2.75, 3.05) is 26.7 Å². The first-order valence-corrected chi connectivity index (χ1v) is 10.4. The van der Waals surface area contributed by atoms with E-state index >= 15 is 0 Å². The number of likely N-dealkylation sites (tertiary alicyclic amines) is 1. The fourth-order valence-electron chi connectivity index (χ4n) is 5.87. The smallest absolute Gasteiger partial charge is 0.119 e. The Kier molecular flexibility index (Phi) is 4.58. The second-order valence-corrected chi connectivity index (χ2v) is 8.44. The number of hydrogen-bond acceptors (Lipinski definition) is 4. The van der Waals surface area contributed by atoms with Crippen molar-refractivity contribution in [1.29, 1.82) is 5.26 Å². The summed E-state index contributed by atoms with van der Waals surface area (Å²) in [6, 6.07) is 20.3. The molecule has 2 aromatic carbocycles. The maximum absolute atomic E-state index is 9.53. The van der Waals surface area contributed by atoms with Gasteiger partial charge in [-0.2, -0.15) is 5.26 Å². The molecule has 0 N–H and O–H groups in total. The molecule has 4 fully saturated rings. The second-order valence-electron chi connectivity index (χ2n) is 8.44. The van der Waals surface area contributed by atoms with Gasteiger partial charge in [0.05, 0.1) is 18.7 Å². The summed E-state index contributed by atoms with van der Waals surface area (Å²) in [5, 5.41) is 9.53. The highest BCUT2D eigenvalue weighted by Crippen LogP contribution is 2.47. The Hall–Kier alpha value is -2.35. The Balaban J connectivity index is 1.49. The van der Waals surface area contributed by atoms with Gasteiger partial charge >= 0.3 is 0 Å². The maximum atomic E-state index is 9.53. The van der Waals surface area contributed by atoms with Crippen LogP contribution in [0.4, 0.5) is 0 Å². The summed E-state index contributed by atoms with van der Waals surface area (Å²) in [4.78, 5) is 5.39. The predicted octanol–water partition coefficient (Wildman–Crippen LogP) is 3.63. The highest BCUT2D eigenvalue weighted by molar-refractivity contribution is 5.38. The maximum Gasteiger partial charge on any atom is 0.119 e. The van der Waals surface area contributed by atoms with Crippen LogP contribution in [0.5, 0.6) is 5.75 Å². The monoisotopic (exact) mass is 373 g/mol. The average molecular weight is 374 g/mol. The van der Waals surface area contributed by atoms with Crippen molar-refractivity contribution in [1.82, 2.24) is 9.80 Å². The van der Waals surface area contributed by atoms with Crippen LogP contribution >= 0.6 is 0 Å². The summed E-state index contributed by atoms with van der Waals surface area (Å²) >= 11 is 0. The minimum absolute atomic E-state index is 0.498. The van der Waals surface area contributed by atoms with Gasteiger partial charge in [0.1, 0.15) is 5.75 Å². The van der Waals surface area contributed by atoms with E-state index in [4.69, 9.17) is 4.74 Å². The molecule has 2 bridgehead atoms. The Bertz CT molecular complexity index is 897. The molecule has 0 spiro atoms. The standard InChI is InChI=1S/C24H27N3O/c1-28-21-8-4-7-18(13-21)22-16-27(15-20-6-3-2-5-19(20)14-25)23-17-9-11-26(12-10-17)24(22)23/h2-8,13,17,22-24H,9-12,15-16H2,1H3/t22-,23+,24+/m0/s1. The van der Waals surface area contributed by atoms with E-state index < -0.39 is 0 Å². The van der Waals surface area contributed by atoms with Gasteiger partial charge < -0.3 is 4.74 Å². The molecule has 144 valence electrons. The summed E-state index contributed by atoms with van der Waals surface area (Å²) in [6.07, 6.45) is 2.62. The lowest BCUT2D eigenvalue weighted by Gasteiger charge is -2.51. The Morgan fingerprint density at radius 3 is 2.68 bits per heavy atom. The second kappa shape index (κ2) is 7.24. The lowest BCUT2D eigenvalue weighted by molar-refractivity contribution is -0.00871. The Labute approximate surface area is 167 Å². The van der Waals surface area contributed by atoms with Crippen LogP contribution in [0.1, 0.15) is 35.4 Å². The molecular formula is C24H27N3O. The van der Waals surface area contributed by atoms with Crippen LogP contribution in [0, 0.1) is 17.2 Å². The van der Waals surface area contributed by atoms with E-state index in [1.54, 1.807) is 7.11 Å².